The number of anilines is 1. The summed E-state index contributed by atoms with van der Waals surface area (Å²) in [5.74, 6) is 0. The smallest absolute Gasteiger partial charge is 0.185 e. The highest BCUT2D eigenvalue weighted by Crippen LogP contribution is 2.45. The molecule has 0 amide bonds. The van der Waals surface area contributed by atoms with Gasteiger partial charge in [0.25, 0.3) is 0 Å². The van der Waals surface area contributed by atoms with Gasteiger partial charge in [-0.15, -0.1) is 0 Å². The third-order valence-corrected chi connectivity index (χ3v) is 5.77. The molecular formula is C16H27N3S. The van der Waals surface area contributed by atoms with E-state index >= 15 is 0 Å². The molecule has 1 aromatic rings. The highest BCUT2D eigenvalue weighted by molar-refractivity contribution is 7.15. The van der Waals surface area contributed by atoms with Crippen LogP contribution in [0.3, 0.4) is 0 Å². The molecule has 3 nitrogen and oxygen atoms in total. The van der Waals surface area contributed by atoms with Gasteiger partial charge in [0.1, 0.15) is 0 Å². The molecule has 1 saturated carbocycles. The molecule has 3 rings (SSSR count). The Bertz CT molecular complexity index is 476. The largest absolute Gasteiger partial charge is 0.348 e. The standard InChI is InChI=1S/C16H27N3S/c1-5-8-17-12-9-16(2,3)10-13-14(12)20-15(18-13)19(4)11-6-7-11/h11-12,17H,5-10H2,1-4H3. The number of rotatable bonds is 5. The van der Waals surface area contributed by atoms with Crippen molar-refractivity contribution in [3.05, 3.63) is 10.6 Å². The average Bonchev–Trinajstić information content (AvgIpc) is 3.14. The van der Waals surface area contributed by atoms with Crippen LogP contribution >= 0.6 is 11.3 Å². The molecule has 1 aromatic heterocycles. The summed E-state index contributed by atoms with van der Waals surface area (Å²) in [6, 6.07) is 1.25. The van der Waals surface area contributed by atoms with Gasteiger partial charge in [0.05, 0.1) is 5.69 Å². The Morgan fingerprint density at radius 1 is 1.40 bits per heavy atom. The number of thiazole rings is 1. The van der Waals surface area contributed by atoms with Crippen LogP contribution in [0.5, 0.6) is 0 Å². The van der Waals surface area contributed by atoms with Gasteiger partial charge in [0, 0.05) is 24.0 Å². The van der Waals surface area contributed by atoms with E-state index in [1.165, 1.54) is 41.4 Å². The molecule has 4 heteroatoms. The summed E-state index contributed by atoms with van der Waals surface area (Å²) in [6.45, 7) is 8.09. The Labute approximate surface area is 126 Å². The quantitative estimate of drug-likeness (QED) is 0.896. The van der Waals surface area contributed by atoms with Gasteiger partial charge >= 0.3 is 0 Å². The van der Waals surface area contributed by atoms with Gasteiger partial charge in [0.15, 0.2) is 5.13 Å². The second-order valence-electron chi connectivity index (χ2n) is 7.20. The molecule has 0 saturated heterocycles. The fourth-order valence-corrected chi connectivity index (χ4v) is 4.36. The lowest BCUT2D eigenvalue weighted by Crippen LogP contribution is -2.33. The first kappa shape index (κ1) is 14.3. The highest BCUT2D eigenvalue weighted by Gasteiger charge is 2.36. The van der Waals surface area contributed by atoms with Crippen LogP contribution in [-0.4, -0.2) is 24.6 Å². The van der Waals surface area contributed by atoms with Gasteiger partial charge in [-0.05, 0) is 44.1 Å². The number of nitrogens with zero attached hydrogens (tertiary/aromatic N) is 2. The van der Waals surface area contributed by atoms with E-state index in [2.05, 4.69) is 38.0 Å². The molecule has 1 N–H and O–H groups in total. The summed E-state index contributed by atoms with van der Waals surface area (Å²) in [5.41, 5.74) is 1.71. The topological polar surface area (TPSA) is 28.2 Å². The number of fused-ring (bicyclic) bond motifs is 1. The summed E-state index contributed by atoms with van der Waals surface area (Å²) in [5, 5.41) is 4.97. The molecule has 0 aliphatic heterocycles. The van der Waals surface area contributed by atoms with Crippen molar-refractivity contribution in [1.82, 2.24) is 10.3 Å². The minimum atomic E-state index is 0.363. The van der Waals surface area contributed by atoms with Gasteiger partial charge in [-0.1, -0.05) is 32.1 Å². The molecule has 0 radical (unpaired) electrons. The van der Waals surface area contributed by atoms with Gasteiger partial charge in [0.2, 0.25) is 0 Å². The summed E-state index contributed by atoms with van der Waals surface area (Å²) in [6.07, 6.45) is 6.23. The molecule has 20 heavy (non-hydrogen) atoms. The minimum Gasteiger partial charge on any atom is -0.348 e. The van der Waals surface area contributed by atoms with Crippen molar-refractivity contribution in [1.29, 1.82) is 0 Å². The van der Waals surface area contributed by atoms with E-state index in [9.17, 15) is 0 Å². The normalized spacial score (nSPS) is 24.5. The Balaban J connectivity index is 1.85. The molecular weight excluding hydrogens is 266 g/mol. The van der Waals surface area contributed by atoms with E-state index < -0.39 is 0 Å². The molecule has 2 aliphatic rings. The van der Waals surface area contributed by atoms with Crippen LogP contribution in [0.25, 0.3) is 0 Å². The predicted octanol–water partition coefficient (Wildman–Crippen LogP) is 3.75. The van der Waals surface area contributed by atoms with Crippen molar-refractivity contribution in [3.63, 3.8) is 0 Å². The number of hydrogen-bond donors (Lipinski definition) is 1. The van der Waals surface area contributed by atoms with E-state index in [0.717, 1.165) is 19.0 Å². The van der Waals surface area contributed by atoms with Gasteiger partial charge < -0.3 is 10.2 Å². The van der Waals surface area contributed by atoms with E-state index in [-0.39, 0.29) is 0 Å². The lowest BCUT2D eigenvalue weighted by Gasteiger charge is -2.34. The zero-order valence-corrected chi connectivity index (χ0v) is 14.0. The molecule has 2 aliphatic carbocycles. The van der Waals surface area contributed by atoms with Crippen LogP contribution < -0.4 is 10.2 Å². The summed E-state index contributed by atoms with van der Waals surface area (Å²) < 4.78 is 0. The zero-order valence-electron chi connectivity index (χ0n) is 13.2. The van der Waals surface area contributed by atoms with Gasteiger partial charge in [-0.25, -0.2) is 4.98 Å². The van der Waals surface area contributed by atoms with E-state index in [0.29, 0.717) is 11.5 Å². The Hall–Kier alpha value is -0.610. The Kier molecular flexibility index (Phi) is 3.80. The zero-order chi connectivity index (χ0) is 14.3. The van der Waals surface area contributed by atoms with Crippen LogP contribution in [0, 0.1) is 5.41 Å². The van der Waals surface area contributed by atoms with Crippen molar-refractivity contribution in [2.45, 2.75) is 65.0 Å². The summed E-state index contributed by atoms with van der Waals surface area (Å²) in [7, 11) is 2.21. The maximum Gasteiger partial charge on any atom is 0.185 e. The van der Waals surface area contributed by atoms with Crippen LogP contribution in [0.15, 0.2) is 0 Å². The van der Waals surface area contributed by atoms with E-state index in [1.54, 1.807) is 0 Å². The van der Waals surface area contributed by atoms with Crippen LogP contribution in [0.2, 0.25) is 0 Å². The number of hydrogen-bond acceptors (Lipinski definition) is 4. The third kappa shape index (κ3) is 2.86. The SMILES string of the molecule is CCCNC1CC(C)(C)Cc2nc(N(C)C3CC3)sc21. The maximum absolute atomic E-state index is 4.97. The predicted molar refractivity (Wildman–Crippen MR) is 86.7 cm³/mol. The first-order valence-electron chi connectivity index (χ1n) is 7.96. The van der Waals surface area contributed by atoms with Crippen LogP contribution in [-0.2, 0) is 6.42 Å². The molecule has 1 unspecified atom stereocenters. The molecule has 0 spiro atoms. The van der Waals surface area contributed by atoms with Crippen molar-refractivity contribution in [2.75, 3.05) is 18.5 Å². The first-order chi connectivity index (χ1) is 9.50. The second-order valence-corrected chi connectivity index (χ2v) is 8.21. The Morgan fingerprint density at radius 2 is 2.15 bits per heavy atom. The molecule has 0 aromatic carbocycles. The minimum absolute atomic E-state index is 0.363. The van der Waals surface area contributed by atoms with Gasteiger partial charge in [-0.3, -0.25) is 0 Å². The first-order valence-corrected chi connectivity index (χ1v) is 8.77. The van der Waals surface area contributed by atoms with Crippen molar-refractivity contribution >= 4 is 16.5 Å². The van der Waals surface area contributed by atoms with Crippen LogP contribution in [0.1, 0.15) is 63.1 Å². The van der Waals surface area contributed by atoms with E-state index in [1.807, 2.05) is 11.3 Å². The maximum atomic E-state index is 4.97. The highest BCUT2D eigenvalue weighted by atomic mass is 32.1. The lowest BCUT2D eigenvalue weighted by molar-refractivity contribution is 0.258. The van der Waals surface area contributed by atoms with Crippen molar-refractivity contribution in [3.8, 4) is 0 Å². The monoisotopic (exact) mass is 293 g/mol. The molecule has 1 fully saturated rings. The molecule has 0 bridgehead atoms. The fourth-order valence-electron chi connectivity index (χ4n) is 3.17. The lowest BCUT2D eigenvalue weighted by atomic mass is 9.76. The molecule has 1 heterocycles. The molecule has 1 atom stereocenters. The van der Waals surface area contributed by atoms with Crippen molar-refractivity contribution in [2.24, 2.45) is 5.41 Å². The second kappa shape index (κ2) is 5.30. The third-order valence-electron chi connectivity index (χ3n) is 4.47. The fraction of sp³-hybridized carbons (Fsp3) is 0.812. The molecule has 112 valence electrons. The van der Waals surface area contributed by atoms with E-state index in [4.69, 9.17) is 4.98 Å². The summed E-state index contributed by atoms with van der Waals surface area (Å²) in [4.78, 5) is 8.87. The average molecular weight is 293 g/mol. The Morgan fingerprint density at radius 3 is 2.80 bits per heavy atom. The number of nitrogens with one attached hydrogen (secondary N) is 1. The van der Waals surface area contributed by atoms with Crippen LogP contribution in [0.4, 0.5) is 5.13 Å². The van der Waals surface area contributed by atoms with Crippen molar-refractivity contribution < 1.29 is 0 Å². The number of aromatic nitrogens is 1. The van der Waals surface area contributed by atoms with Gasteiger partial charge in [-0.2, -0.15) is 0 Å². The summed E-state index contributed by atoms with van der Waals surface area (Å²) >= 11 is 1.92.